The molecule has 34 heavy (non-hydrogen) atoms. The van der Waals surface area contributed by atoms with Crippen LogP contribution in [0.15, 0.2) is 67.1 Å². The van der Waals surface area contributed by atoms with Crippen LogP contribution in [0.2, 0.25) is 0 Å². The zero-order valence-corrected chi connectivity index (χ0v) is 18.7. The normalized spacial score (nSPS) is 16.4. The number of halogens is 1. The topological polar surface area (TPSA) is 64.3 Å². The predicted molar refractivity (Wildman–Crippen MR) is 128 cm³/mol. The van der Waals surface area contributed by atoms with E-state index < -0.39 is 6.09 Å². The van der Waals surface area contributed by atoms with Crippen molar-refractivity contribution in [2.45, 2.75) is 19.1 Å². The number of alkyl carbamates (subject to hydrolysis) is 1. The van der Waals surface area contributed by atoms with Crippen molar-refractivity contribution in [3.8, 4) is 28.3 Å². The second kappa shape index (κ2) is 8.06. The summed E-state index contributed by atoms with van der Waals surface area (Å²) in [5.41, 5.74) is 6.39. The molecule has 0 radical (unpaired) electrons. The fraction of sp³-hybridized carbons (Fsp3) is 0.231. The van der Waals surface area contributed by atoms with Gasteiger partial charge in [-0.2, -0.15) is 0 Å². The van der Waals surface area contributed by atoms with Gasteiger partial charge in [0.15, 0.2) is 5.82 Å². The molecule has 0 bridgehead atoms. The first-order valence-corrected chi connectivity index (χ1v) is 11.4. The number of ether oxygens (including phenoxy) is 1. The van der Waals surface area contributed by atoms with Crippen molar-refractivity contribution in [1.82, 2.24) is 19.4 Å². The van der Waals surface area contributed by atoms with Crippen molar-refractivity contribution in [2.24, 2.45) is 0 Å². The lowest BCUT2D eigenvalue weighted by molar-refractivity contribution is 0.110. The molecule has 1 fully saturated rings. The number of benzene rings is 2. The zero-order chi connectivity index (χ0) is 23.2. The molecule has 1 saturated heterocycles. The van der Waals surface area contributed by atoms with Crippen LogP contribution in [0.25, 0.3) is 28.3 Å². The molecule has 1 N–H and O–H groups in total. The molecule has 2 aliphatic heterocycles. The van der Waals surface area contributed by atoms with Gasteiger partial charge in [-0.25, -0.2) is 14.2 Å². The SMILES string of the molecule is CNC(=O)O[C@@H]1CCN(c2ccc3c(c2)Cn2cc(-c4ccc(F)cc4)cc2-c2nccn2-3)C1. The van der Waals surface area contributed by atoms with Crippen LogP contribution in [0.5, 0.6) is 0 Å². The van der Waals surface area contributed by atoms with Crippen LogP contribution in [0, 0.1) is 5.82 Å². The van der Waals surface area contributed by atoms with Gasteiger partial charge >= 0.3 is 6.09 Å². The Kier molecular flexibility index (Phi) is 4.86. The Labute approximate surface area is 196 Å². The fourth-order valence-electron chi connectivity index (χ4n) is 4.90. The number of hydrogen-bond acceptors (Lipinski definition) is 4. The molecule has 1 atom stereocenters. The predicted octanol–water partition coefficient (Wildman–Crippen LogP) is 4.44. The molecule has 6 rings (SSSR count). The van der Waals surface area contributed by atoms with Gasteiger partial charge in [0, 0.05) is 56.4 Å². The van der Waals surface area contributed by atoms with Crippen molar-refractivity contribution >= 4 is 11.8 Å². The maximum absolute atomic E-state index is 13.4. The van der Waals surface area contributed by atoms with Gasteiger partial charge in [0.2, 0.25) is 0 Å². The maximum Gasteiger partial charge on any atom is 0.407 e. The number of fused-ring (bicyclic) bond motifs is 5. The van der Waals surface area contributed by atoms with Gasteiger partial charge in [-0.15, -0.1) is 0 Å². The highest BCUT2D eigenvalue weighted by atomic mass is 19.1. The Hall–Kier alpha value is -4.07. The highest BCUT2D eigenvalue weighted by molar-refractivity contribution is 5.72. The number of nitrogens with zero attached hydrogens (tertiary/aromatic N) is 4. The van der Waals surface area contributed by atoms with Gasteiger partial charge < -0.3 is 19.5 Å². The first-order valence-electron chi connectivity index (χ1n) is 11.4. The van der Waals surface area contributed by atoms with E-state index >= 15 is 0 Å². The molecule has 2 aliphatic rings. The molecule has 7 nitrogen and oxygen atoms in total. The zero-order valence-electron chi connectivity index (χ0n) is 18.7. The Balaban J connectivity index is 1.34. The molecule has 0 saturated carbocycles. The number of rotatable bonds is 3. The van der Waals surface area contributed by atoms with Crippen molar-refractivity contribution in [1.29, 1.82) is 0 Å². The van der Waals surface area contributed by atoms with Crippen molar-refractivity contribution in [3.05, 3.63) is 78.5 Å². The number of hydrogen-bond donors (Lipinski definition) is 1. The van der Waals surface area contributed by atoms with Crippen LogP contribution >= 0.6 is 0 Å². The summed E-state index contributed by atoms with van der Waals surface area (Å²) >= 11 is 0. The summed E-state index contributed by atoms with van der Waals surface area (Å²) in [6.07, 6.45) is 6.20. The summed E-state index contributed by atoms with van der Waals surface area (Å²) in [6, 6.07) is 15.1. The van der Waals surface area contributed by atoms with Crippen molar-refractivity contribution < 1.29 is 13.9 Å². The quantitative estimate of drug-likeness (QED) is 0.435. The number of amides is 1. The Morgan fingerprint density at radius 1 is 1.15 bits per heavy atom. The number of aromatic nitrogens is 3. The minimum absolute atomic E-state index is 0.117. The van der Waals surface area contributed by atoms with E-state index in [9.17, 15) is 9.18 Å². The van der Waals surface area contributed by atoms with E-state index in [0.29, 0.717) is 13.1 Å². The summed E-state index contributed by atoms with van der Waals surface area (Å²) in [5.74, 6) is 0.631. The second-order valence-electron chi connectivity index (χ2n) is 8.69. The molecule has 8 heteroatoms. The Morgan fingerprint density at radius 3 is 2.82 bits per heavy atom. The maximum atomic E-state index is 13.4. The van der Waals surface area contributed by atoms with E-state index in [-0.39, 0.29) is 11.9 Å². The molecular formula is C26H24FN5O2. The molecule has 0 spiro atoms. The Morgan fingerprint density at radius 2 is 2.00 bits per heavy atom. The Bertz CT molecular complexity index is 1370. The lowest BCUT2D eigenvalue weighted by atomic mass is 10.1. The summed E-state index contributed by atoms with van der Waals surface area (Å²) in [4.78, 5) is 18.5. The van der Waals surface area contributed by atoms with Crippen LogP contribution in [0.4, 0.5) is 14.9 Å². The largest absolute Gasteiger partial charge is 0.444 e. The second-order valence-corrected chi connectivity index (χ2v) is 8.69. The lowest BCUT2D eigenvalue weighted by Crippen LogP contribution is -2.28. The average Bonchev–Trinajstić information content (AvgIpc) is 3.58. The molecular weight excluding hydrogens is 433 g/mol. The monoisotopic (exact) mass is 457 g/mol. The van der Waals surface area contributed by atoms with Crippen LogP contribution in [0.1, 0.15) is 12.0 Å². The molecule has 1 amide bonds. The van der Waals surface area contributed by atoms with Gasteiger partial charge in [0.25, 0.3) is 0 Å². The standard InChI is InChI=1S/C26H24FN5O2/c1-28-26(33)34-22-8-10-30(16-22)21-6-7-23-19(12-21)15-31-14-18(17-2-4-20(27)5-3-17)13-24(31)25-29-9-11-32(23)25/h2-7,9,11-14,22H,8,10,15-16H2,1H3,(H,28,33)/t22-/m1/s1. The van der Waals surface area contributed by atoms with Gasteiger partial charge in [-0.05, 0) is 47.5 Å². The van der Waals surface area contributed by atoms with E-state index in [0.717, 1.165) is 47.0 Å². The summed E-state index contributed by atoms with van der Waals surface area (Å²) in [6.45, 7) is 2.20. The smallest absolute Gasteiger partial charge is 0.407 e. The minimum Gasteiger partial charge on any atom is -0.444 e. The highest BCUT2D eigenvalue weighted by Gasteiger charge is 2.27. The van der Waals surface area contributed by atoms with E-state index in [1.165, 1.54) is 17.7 Å². The third kappa shape index (κ3) is 3.51. The lowest BCUT2D eigenvalue weighted by Gasteiger charge is -2.21. The van der Waals surface area contributed by atoms with Crippen LogP contribution in [-0.2, 0) is 11.3 Å². The van der Waals surface area contributed by atoms with E-state index in [1.54, 1.807) is 19.2 Å². The van der Waals surface area contributed by atoms with Gasteiger partial charge in [-0.1, -0.05) is 12.1 Å². The molecule has 172 valence electrons. The number of carbonyl (C=O) groups is 1. The van der Waals surface area contributed by atoms with E-state index in [4.69, 9.17) is 4.74 Å². The van der Waals surface area contributed by atoms with Gasteiger partial charge in [0.1, 0.15) is 11.9 Å². The summed E-state index contributed by atoms with van der Waals surface area (Å²) in [5, 5.41) is 2.52. The number of nitrogens with one attached hydrogen (secondary N) is 1. The van der Waals surface area contributed by atoms with Crippen LogP contribution in [-0.4, -0.2) is 46.5 Å². The highest BCUT2D eigenvalue weighted by Crippen LogP contribution is 2.35. The molecule has 4 aromatic rings. The summed E-state index contributed by atoms with van der Waals surface area (Å²) < 4.78 is 23.2. The first kappa shape index (κ1) is 20.5. The van der Waals surface area contributed by atoms with Crippen molar-refractivity contribution in [3.63, 3.8) is 0 Å². The molecule has 0 unspecified atom stereocenters. The number of imidazole rings is 1. The van der Waals surface area contributed by atoms with E-state index in [2.05, 4.69) is 54.8 Å². The van der Waals surface area contributed by atoms with Crippen LogP contribution in [0.3, 0.4) is 0 Å². The third-order valence-electron chi connectivity index (χ3n) is 6.60. The molecule has 0 aliphatic carbocycles. The van der Waals surface area contributed by atoms with Crippen molar-refractivity contribution in [2.75, 3.05) is 25.0 Å². The first-order chi connectivity index (χ1) is 16.6. The number of anilines is 1. The molecule has 2 aromatic heterocycles. The average molecular weight is 458 g/mol. The molecule has 4 heterocycles. The van der Waals surface area contributed by atoms with Gasteiger partial charge in [-0.3, -0.25) is 4.57 Å². The number of carbonyl (C=O) groups excluding carboxylic acids is 1. The van der Waals surface area contributed by atoms with Crippen LogP contribution < -0.4 is 10.2 Å². The third-order valence-corrected chi connectivity index (χ3v) is 6.60. The molecule has 2 aromatic carbocycles. The fourth-order valence-corrected chi connectivity index (χ4v) is 4.90. The summed E-state index contributed by atoms with van der Waals surface area (Å²) in [7, 11) is 1.57. The van der Waals surface area contributed by atoms with E-state index in [1.807, 2.05) is 12.4 Å². The minimum atomic E-state index is -0.390. The van der Waals surface area contributed by atoms with Gasteiger partial charge in [0.05, 0.1) is 17.9 Å².